The van der Waals surface area contributed by atoms with Gasteiger partial charge in [0.2, 0.25) is 5.91 Å². The van der Waals surface area contributed by atoms with Crippen molar-refractivity contribution in [2.75, 3.05) is 13.2 Å². The van der Waals surface area contributed by atoms with Crippen LogP contribution in [0.2, 0.25) is 0 Å². The quantitative estimate of drug-likeness (QED) is 0.783. The molecule has 105 valence electrons. The van der Waals surface area contributed by atoms with Crippen molar-refractivity contribution < 1.29 is 42.2 Å². The molecule has 1 aromatic carbocycles. The smallest absolute Gasteiger partial charge is 0.223 e. The van der Waals surface area contributed by atoms with E-state index in [9.17, 15) is 4.79 Å². The van der Waals surface area contributed by atoms with Crippen molar-refractivity contribution in [3.63, 3.8) is 0 Å². The second kappa shape index (κ2) is 7.94. The molecule has 0 atom stereocenters. The van der Waals surface area contributed by atoms with Crippen molar-refractivity contribution in [2.45, 2.75) is 33.6 Å². The zero-order valence-corrected chi connectivity index (χ0v) is 15.2. The van der Waals surface area contributed by atoms with Gasteiger partial charge in [-0.2, -0.15) is 0 Å². The standard InChI is InChI=1S/C16H20NO2.Y/c1-4-17-15(7-6-8-16(17)18)14-10-9-13(19-5-2)11-12(14)3;/h9-11H,4-6,8H2,1-3H3;/q-1;. The second-order valence-electron chi connectivity index (χ2n) is 4.57. The van der Waals surface area contributed by atoms with Crippen LogP contribution in [0, 0.1) is 13.0 Å². The molecule has 0 spiro atoms. The average Bonchev–Trinajstić information content (AvgIpc) is 2.39. The van der Waals surface area contributed by atoms with Crippen LogP contribution in [0.5, 0.6) is 5.75 Å². The van der Waals surface area contributed by atoms with Crippen molar-refractivity contribution in [2.24, 2.45) is 0 Å². The van der Waals surface area contributed by atoms with Crippen LogP contribution < -0.4 is 4.74 Å². The fraction of sp³-hybridized carbons (Fsp3) is 0.438. The van der Waals surface area contributed by atoms with Crippen LogP contribution in [-0.4, -0.2) is 24.0 Å². The molecular weight excluding hydrogens is 327 g/mol. The molecular formula is C16H20NO2Y-. The Morgan fingerprint density at radius 3 is 2.70 bits per heavy atom. The van der Waals surface area contributed by atoms with Gasteiger partial charge in [0.05, 0.1) is 6.61 Å². The largest absolute Gasteiger partial charge is 0.494 e. The van der Waals surface area contributed by atoms with Gasteiger partial charge < -0.3 is 9.64 Å². The fourth-order valence-electron chi connectivity index (χ4n) is 2.38. The predicted molar refractivity (Wildman–Crippen MR) is 75.6 cm³/mol. The SMILES string of the molecule is CCOc1ccc(C2=[C-]CCC(=O)N2CC)c(C)c1.[Y]. The first-order valence-electron chi connectivity index (χ1n) is 6.82. The number of benzene rings is 1. The first-order chi connectivity index (χ1) is 9.17. The normalized spacial score (nSPS) is 14.7. The Bertz CT molecular complexity index is 511. The molecule has 1 radical (unpaired) electrons. The number of nitrogens with zero attached hydrogens (tertiary/aromatic N) is 1. The molecule has 0 N–H and O–H groups in total. The van der Waals surface area contributed by atoms with E-state index in [4.69, 9.17) is 4.74 Å². The molecule has 1 heterocycles. The minimum Gasteiger partial charge on any atom is -0.494 e. The van der Waals surface area contributed by atoms with E-state index in [1.807, 2.05) is 43.9 Å². The van der Waals surface area contributed by atoms with Gasteiger partial charge in [0.25, 0.3) is 0 Å². The maximum absolute atomic E-state index is 11.9. The Morgan fingerprint density at radius 2 is 2.10 bits per heavy atom. The molecule has 20 heavy (non-hydrogen) atoms. The molecule has 2 rings (SSSR count). The van der Waals surface area contributed by atoms with Gasteiger partial charge in [-0.1, -0.05) is 6.92 Å². The number of aryl methyl sites for hydroxylation is 1. The van der Waals surface area contributed by atoms with Gasteiger partial charge in [-0.05, 0) is 26.0 Å². The first kappa shape index (κ1) is 17.4. The summed E-state index contributed by atoms with van der Waals surface area (Å²) in [7, 11) is 0. The van der Waals surface area contributed by atoms with Gasteiger partial charge in [0.1, 0.15) is 5.75 Å². The molecule has 1 aliphatic rings. The first-order valence-corrected chi connectivity index (χ1v) is 6.82. The Hall–Kier alpha value is -0.666. The molecule has 1 amide bonds. The molecule has 3 nitrogen and oxygen atoms in total. The summed E-state index contributed by atoms with van der Waals surface area (Å²) in [6, 6.07) is 5.98. The van der Waals surface area contributed by atoms with Crippen LogP contribution in [0.1, 0.15) is 37.8 Å². The van der Waals surface area contributed by atoms with E-state index in [1.54, 1.807) is 0 Å². The van der Waals surface area contributed by atoms with Gasteiger partial charge in [-0.15, -0.1) is 29.3 Å². The zero-order valence-electron chi connectivity index (χ0n) is 12.4. The third-order valence-electron chi connectivity index (χ3n) is 3.28. The van der Waals surface area contributed by atoms with Crippen LogP contribution in [-0.2, 0) is 37.5 Å². The van der Waals surface area contributed by atoms with Crippen molar-refractivity contribution in [3.05, 3.63) is 35.4 Å². The molecule has 0 fully saturated rings. The number of ether oxygens (including phenoxy) is 1. The van der Waals surface area contributed by atoms with E-state index in [1.165, 1.54) is 0 Å². The van der Waals surface area contributed by atoms with E-state index < -0.39 is 0 Å². The Labute approximate surface area is 146 Å². The second-order valence-corrected chi connectivity index (χ2v) is 4.57. The predicted octanol–water partition coefficient (Wildman–Crippen LogP) is 3.18. The Balaban J connectivity index is 0.00000200. The van der Waals surface area contributed by atoms with Crippen LogP contribution >= 0.6 is 0 Å². The molecule has 0 aliphatic carbocycles. The summed E-state index contributed by atoms with van der Waals surface area (Å²) in [5, 5.41) is 0. The third-order valence-corrected chi connectivity index (χ3v) is 3.28. The molecule has 0 unspecified atom stereocenters. The van der Waals surface area contributed by atoms with Crippen LogP contribution in [0.15, 0.2) is 18.2 Å². The molecule has 1 aromatic rings. The van der Waals surface area contributed by atoms with Gasteiger partial charge in [-0.25, -0.2) is 6.08 Å². The van der Waals surface area contributed by atoms with E-state index in [0.29, 0.717) is 26.0 Å². The number of rotatable bonds is 4. The van der Waals surface area contributed by atoms with Crippen molar-refractivity contribution in [3.8, 4) is 5.75 Å². The van der Waals surface area contributed by atoms with Gasteiger partial charge in [-0.3, -0.25) is 4.79 Å². The third kappa shape index (κ3) is 3.70. The van der Waals surface area contributed by atoms with Gasteiger partial charge in [0.15, 0.2) is 0 Å². The van der Waals surface area contributed by atoms with Crippen molar-refractivity contribution in [1.82, 2.24) is 4.90 Å². The number of hydrogen-bond acceptors (Lipinski definition) is 2. The minimum atomic E-state index is 0. The molecule has 0 saturated heterocycles. The number of allylic oxidation sites excluding steroid dienone is 1. The fourth-order valence-corrected chi connectivity index (χ4v) is 2.38. The van der Waals surface area contributed by atoms with Crippen LogP contribution in [0.4, 0.5) is 0 Å². The van der Waals surface area contributed by atoms with Crippen LogP contribution in [0.3, 0.4) is 0 Å². The Kier molecular flexibility index (Phi) is 6.91. The topological polar surface area (TPSA) is 29.5 Å². The molecule has 0 saturated carbocycles. The molecule has 0 bridgehead atoms. The molecule has 4 heteroatoms. The molecule has 1 aliphatic heterocycles. The maximum atomic E-state index is 11.9. The number of carbonyl (C=O) groups excluding carboxylic acids is 1. The Morgan fingerprint density at radius 1 is 1.35 bits per heavy atom. The minimum absolute atomic E-state index is 0. The summed E-state index contributed by atoms with van der Waals surface area (Å²) in [5.41, 5.74) is 3.10. The van der Waals surface area contributed by atoms with Crippen molar-refractivity contribution >= 4 is 11.6 Å². The summed E-state index contributed by atoms with van der Waals surface area (Å²) in [5.74, 6) is 1.05. The number of amides is 1. The van der Waals surface area contributed by atoms with Crippen molar-refractivity contribution in [1.29, 1.82) is 0 Å². The van der Waals surface area contributed by atoms with E-state index in [0.717, 1.165) is 22.6 Å². The summed E-state index contributed by atoms with van der Waals surface area (Å²) in [6.45, 7) is 7.35. The summed E-state index contributed by atoms with van der Waals surface area (Å²) in [4.78, 5) is 13.7. The monoisotopic (exact) mass is 347 g/mol. The van der Waals surface area contributed by atoms with E-state index in [-0.39, 0.29) is 38.6 Å². The zero-order chi connectivity index (χ0) is 13.8. The van der Waals surface area contributed by atoms with Gasteiger partial charge in [0, 0.05) is 45.7 Å². The maximum Gasteiger partial charge on any atom is 0.223 e. The summed E-state index contributed by atoms with van der Waals surface area (Å²) in [6.07, 6.45) is 4.61. The number of hydrogen-bond donors (Lipinski definition) is 0. The molecule has 0 aromatic heterocycles. The van der Waals surface area contributed by atoms with Crippen LogP contribution in [0.25, 0.3) is 5.70 Å². The average molecular weight is 347 g/mol. The summed E-state index contributed by atoms with van der Waals surface area (Å²) >= 11 is 0. The van der Waals surface area contributed by atoms with Gasteiger partial charge >= 0.3 is 0 Å². The summed E-state index contributed by atoms with van der Waals surface area (Å²) < 4.78 is 5.49. The van der Waals surface area contributed by atoms with E-state index >= 15 is 0 Å². The van der Waals surface area contributed by atoms with E-state index in [2.05, 4.69) is 6.08 Å². The number of carbonyl (C=O) groups is 1.